The SMILES string of the molecule is Cc1cc(C)n(Cc2ccc(C(=O)N3CCC(CN)CC3)cc2)n1. The van der Waals surface area contributed by atoms with Crippen LogP contribution in [0.2, 0.25) is 0 Å². The molecule has 0 atom stereocenters. The van der Waals surface area contributed by atoms with Crippen LogP contribution < -0.4 is 5.73 Å². The highest BCUT2D eigenvalue weighted by molar-refractivity contribution is 5.94. The average molecular weight is 326 g/mol. The Balaban J connectivity index is 1.64. The summed E-state index contributed by atoms with van der Waals surface area (Å²) >= 11 is 0. The number of amides is 1. The monoisotopic (exact) mass is 326 g/mol. The van der Waals surface area contributed by atoms with Crippen LogP contribution in [0, 0.1) is 19.8 Å². The summed E-state index contributed by atoms with van der Waals surface area (Å²) in [6.45, 7) is 7.14. The quantitative estimate of drug-likeness (QED) is 0.938. The largest absolute Gasteiger partial charge is 0.339 e. The molecule has 0 aliphatic carbocycles. The Morgan fingerprint density at radius 2 is 1.88 bits per heavy atom. The van der Waals surface area contributed by atoms with Crippen molar-refractivity contribution in [1.29, 1.82) is 0 Å². The van der Waals surface area contributed by atoms with E-state index in [4.69, 9.17) is 5.73 Å². The fourth-order valence-electron chi connectivity index (χ4n) is 3.32. The fourth-order valence-corrected chi connectivity index (χ4v) is 3.32. The maximum Gasteiger partial charge on any atom is 0.253 e. The molecule has 1 fully saturated rings. The molecule has 2 N–H and O–H groups in total. The summed E-state index contributed by atoms with van der Waals surface area (Å²) in [5.41, 5.74) is 9.81. The van der Waals surface area contributed by atoms with Gasteiger partial charge in [-0.05, 0) is 62.9 Å². The van der Waals surface area contributed by atoms with Gasteiger partial charge in [0.25, 0.3) is 5.91 Å². The van der Waals surface area contributed by atoms with Gasteiger partial charge in [0.2, 0.25) is 0 Å². The molecule has 24 heavy (non-hydrogen) atoms. The van der Waals surface area contributed by atoms with Crippen molar-refractivity contribution in [1.82, 2.24) is 14.7 Å². The smallest absolute Gasteiger partial charge is 0.253 e. The number of nitrogens with two attached hydrogens (primary N) is 1. The number of carbonyl (C=O) groups excluding carboxylic acids is 1. The molecule has 2 aromatic rings. The Kier molecular flexibility index (Phi) is 5.00. The van der Waals surface area contributed by atoms with Gasteiger partial charge in [0.1, 0.15) is 0 Å². The molecule has 1 aromatic carbocycles. The van der Waals surface area contributed by atoms with Crippen molar-refractivity contribution < 1.29 is 4.79 Å². The summed E-state index contributed by atoms with van der Waals surface area (Å²) in [5.74, 6) is 0.695. The van der Waals surface area contributed by atoms with Crippen molar-refractivity contribution in [3.63, 3.8) is 0 Å². The molecule has 0 bridgehead atoms. The molecule has 0 radical (unpaired) electrons. The summed E-state index contributed by atoms with van der Waals surface area (Å²) in [7, 11) is 0. The van der Waals surface area contributed by atoms with Gasteiger partial charge in [0.05, 0.1) is 12.2 Å². The van der Waals surface area contributed by atoms with Crippen LogP contribution in [0.1, 0.15) is 40.2 Å². The molecule has 3 rings (SSSR count). The highest BCUT2D eigenvalue weighted by Gasteiger charge is 2.22. The van der Waals surface area contributed by atoms with Crippen molar-refractivity contribution in [2.75, 3.05) is 19.6 Å². The van der Waals surface area contributed by atoms with Crippen molar-refractivity contribution >= 4 is 5.91 Å². The topological polar surface area (TPSA) is 64.2 Å². The van der Waals surface area contributed by atoms with Crippen LogP contribution in [0.25, 0.3) is 0 Å². The molecule has 1 aromatic heterocycles. The van der Waals surface area contributed by atoms with Gasteiger partial charge in [-0.3, -0.25) is 9.48 Å². The zero-order chi connectivity index (χ0) is 17.1. The zero-order valence-corrected chi connectivity index (χ0v) is 14.5. The zero-order valence-electron chi connectivity index (χ0n) is 14.5. The average Bonchev–Trinajstić information content (AvgIpc) is 2.92. The number of hydrogen-bond acceptors (Lipinski definition) is 3. The van der Waals surface area contributed by atoms with Gasteiger partial charge >= 0.3 is 0 Å². The molecule has 5 heteroatoms. The molecular formula is C19H26N4O. The van der Waals surface area contributed by atoms with E-state index in [0.717, 1.165) is 61.5 Å². The number of rotatable bonds is 4. The normalized spacial score (nSPS) is 15.7. The van der Waals surface area contributed by atoms with Gasteiger partial charge in [0.15, 0.2) is 0 Å². The Morgan fingerprint density at radius 3 is 2.42 bits per heavy atom. The van der Waals surface area contributed by atoms with Gasteiger partial charge in [0, 0.05) is 24.3 Å². The van der Waals surface area contributed by atoms with Crippen LogP contribution in [-0.2, 0) is 6.54 Å². The molecule has 5 nitrogen and oxygen atoms in total. The first-order chi connectivity index (χ1) is 11.6. The summed E-state index contributed by atoms with van der Waals surface area (Å²) < 4.78 is 1.99. The third-order valence-corrected chi connectivity index (χ3v) is 4.87. The van der Waals surface area contributed by atoms with Crippen LogP contribution in [0.3, 0.4) is 0 Å². The fraction of sp³-hybridized carbons (Fsp3) is 0.474. The van der Waals surface area contributed by atoms with E-state index >= 15 is 0 Å². The van der Waals surface area contributed by atoms with Crippen LogP contribution in [0.4, 0.5) is 0 Å². The molecule has 0 spiro atoms. The van der Waals surface area contributed by atoms with Gasteiger partial charge in [-0.15, -0.1) is 0 Å². The predicted molar refractivity (Wildman–Crippen MR) is 94.9 cm³/mol. The van der Waals surface area contributed by atoms with Crippen molar-refractivity contribution in [2.45, 2.75) is 33.2 Å². The lowest BCUT2D eigenvalue weighted by Gasteiger charge is -2.31. The molecule has 128 valence electrons. The van der Waals surface area contributed by atoms with Crippen LogP contribution in [0.15, 0.2) is 30.3 Å². The second-order valence-corrected chi connectivity index (χ2v) is 6.75. The third kappa shape index (κ3) is 3.67. The summed E-state index contributed by atoms with van der Waals surface area (Å²) in [6, 6.07) is 9.98. The van der Waals surface area contributed by atoms with Gasteiger partial charge in [-0.1, -0.05) is 12.1 Å². The minimum Gasteiger partial charge on any atom is -0.339 e. The Bertz CT molecular complexity index is 697. The lowest BCUT2D eigenvalue weighted by Crippen LogP contribution is -2.40. The number of hydrogen-bond donors (Lipinski definition) is 1. The number of likely N-dealkylation sites (tertiary alicyclic amines) is 1. The Hall–Kier alpha value is -2.14. The Labute approximate surface area is 143 Å². The number of benzene rings is 1. The first kappa shape index (κ1) is 16.7. The molecule has 1 aliphatic heterocycles. The van der Waals surface area contributed by atoms with Crippen molar-refractivity contribution in [3.05, 3.63) is 52.8 Å². The van der Waals surface area contributed by atoms with Crippen molar-refractivity contribution in [2.24, 2.45) is 11.7 Å². The van der Waals surface area contributed by atoms with E-state index in [1.807, 2.05) is 40.8 Å². The van der Waals surface area contributed by atoms with E-state index in [2.05, 4.69) is 18.1 Å². The van der Waals surface area contributed by atoms with Crippen LogP contribution >= 0.6 is 0 Å². The van der Waals surface area contributed by atoms with E-state index in [0.29, 0.717) is 5.92 Å². The number of carbonyl (C=O) groups is 1. The van der Waals surface area contributed by atoms with Crippen LogP contribution in [-0.4, -0.2) is 40.2 Å². The molecule has 1 amide bonds. The standard InChI is InChI=1S/C19H26N4O/c1-14-11-15(2)23(21-14)13-17-3-5-18(6-4-17)19(24)22-9-7-16(12-20)8-10-22/h3-6,11,16H,7-10,12-13,20H2,1-2H3. The summed E-state index contributed by atoms with van der Waals surface area (Å²) in [6.07, 6.45) is 2.02. The number of nitrogens with zero attached hydrogens (tertiary/aromatic N) is 3. The highest BCUT2D eigenvalue weighted by atomic mass is 16.2. The van der Waals surface area contributed by atoms with Crippen LogP contribution in [0.5, 0.6) is 0 Å². The van der Waals surface area contributed by atoms with E-state index < -0.39 is 0 Å². The van der Waals surface area contributed by atoms with Gasteiger partial charge in [-0.2, -0.15) is 5.10 Å². The molecular weight excluding hydrogens is 300 g/mol. The summed E-state index contributed by atoms with van der Waals surface area (Å²) in [5, 5.41) is 4.48. The molecule has 1 aliphatic rings. The minimum absolute atomic E-state index is 0.128. The van der Waals surface area contributed by atoms with E-state index in [1.165, 1.54) is 0 Å². The second kappa shape index (κ2) is 7.18. The second-order valence-electron chi connectivity index (χ2n) is 6.75. The van der Waals surface area contributed by atoms with Gasteiger partial charge in [-0.25, -0.2) is 0 Å². The number of aromatic nitrogens is 2. The predicted octanol–water partition coefficient (Wildman–Crippen LogP) is 2.36. The molecule has 0 saturated carbocycles. The summed E-state index contributed by atoms with van der Waals surface area (Å²) in [4.78, 5) is 14.5. The van der Waals surface area contributed by atoms with Crippen molar-refractivity contribution in [3.8, 4) is 0 Å². The lowest BCUT2D eigenvalue weighted by molar-refractivity contribution is 0.0693. The first-order valence-electron chi connectivity index (χ1n) is 8.66. The van der Waals surface area contributed by atoms with E-state index in [-0.39, 0.29) is 5.91 Å². The van der Waals surface area contributed by atoms with Gasteiger partial charge < -0.3 is 10.6 Å². The molecule has 1 saturated heterocycles. The minimum atomic E-state index is 0.128. The molecule has 0 unspecified atom stereocenters. The maximum atomic E-state index is 12.6. The third-order valence-electron chi connectivity index (χ3n) is 4.87. The van der Waals surface area contributed by atoms with E-state index in [1.54, 1.807) is 0 Å². The number of aryl methyl sites for hydroxylation is 2. The lowest BCUT2D eigenvalue weighted by atomic mass is 9.96. The molecule has 2 heterocycles. The van der Waals surface area contributed by atoms with E-state index in [9.17, 15) is 4.79 Å². The Morgan fingerprint density at radius 1 is 1.21 bits per heavy atom. The number of piperidine rings is 1. The first-order valence-corrected chi connectivity index (χ1v) is 8.66. The highest BCUT2D eigenvalue weighted by Crippen LogP contribution is 2.18. The maximum absolute atomic E-state index is 12.6.